The number of ether oxygens (including phenoxy) is 1. The van der Waals surface area contributed by atoms with E-state index in [2.05, 4.69) is 15.9 Å². The summed E-state index contributed by atoms with van der Waals surface area (Å²) in [6, 6.07) is 0. The van der Waals surface area contributed by atoms with Crippen molar-refractivity contribution in [1.29, 1.82) is 0 Å². The highest BCUT2D eigenvalue weighted by Crippen LogP contribution is 2.10. The van der Waals surface area contributed by atoms with E-state index in [4.69, 9.17) is 11.2 Å². The van der Waals surface area contributed by atoms with Gasteiger partial charge in [-0.1, -0.05) is 17.7 Å². The van der Waals surface area contributed by atoms with Gasteiger partial charge in [0.25, 0.3) is 0 Å². The smallest absolute Gasteiger partial charge is 0.167 e. The highest BCUT2D eigenvalue weighted by Gasteiger charge is 1.92. The first-order chi connectivity index (χ1) is 5.43. The lowest BCUT2D eigenvalue weighted by Crippen LogP contribution is -1.90. The van der Waals surface area contributed by atoms with Crippen LogP contribution in [0.3, 0.4) is 0 Å². The topological polar surface area (TPSA) is 37.9 Å². The number of terminal acetylenes is 1. The summed E-state index contributed by atoms with van der Waals surface area (Å²) in [5.41, 5.74) is 0. The summed E-state index contributed by atoms with van der Waals surface area (Å²) in [7, 11) is 0. The third-order valence-corrected chi connectivity index (χ3v) is 1.72. The molecule has 0 radical (unpaired) electrons. The van der Waals surface area contributed by atoms with Crippen LogP contribution in [0, 0.1) is 12.3 Å². The van der Waals surface area contributed by atoms with E-state index in [1.807, 2.05) is 0 Å². The minimum atomic E-state index is 0.355. The molecule has 0 fully saturated rings. The van der Waals surface area contributed by atoms with Crippen LogP contribution in [0.1, 0.15) is 0 Å². The Kier molecular flexibility index (Phi) is 3.59. The zero-order valence-electron chi connectivity index (χ0n) is 5.91. The molecule has 0 atom stereocenters. The summed E-state index contributed by atoms with van der Waals surface area (Å²) in [5, 5.41) is 0.849. The number of nitrogens with one attached hydrogen (secondary N) is 1. The molecule has 4 heteroatoms. The van der Waals surface area contributed by atoms with Gasteiger partial charge in [-0.05, 0) is 0 Å². The van der Waals surface area contributed by atoms with Gasteiger partial charge in [0, 0.05) is 12.4 Å². The third-order valence-electron chi connectivity index (χ3n) is 0.938. The van der Waals surface area contributed by atoms with Gasteiger partial charge >= 0.3 is 0 Å². The second-order valence-electron chi connectivity index (χ2n) is 1.71. The predicted molar refractivity (Wildman–Crippen MR) is 44.1 cm³/mol. The summed E-state index contributed by atoms with van der Waals surface area (Å²) >= 11 is 1.48. The lowest BCUT2D eigenvalue weighted by molar-refractivity contribution is 0.222. The van der Waals surface area contributed by atoms with Crippen LogP contribution in [0.15, 0.2) is 17.6 Å². The Morgan fingerprint density at radius 3 is 3.36 bits per heavy atom. The van der Waals surface area contributed by atoms with Gasteiger partial charge in [0.15, 0.2) is 5.16 Å². The molecular weight excluding hydrogens is 160 g/mol. The van der Waals surface area contributed by atoms with Gasteiger partial charge in [0.05, 0.1) is 0 Å². The molecule has 0 aliphatic heterocycles. The van der Waals surface area contributed by atoms with E-state index in [1.54, 1.807) is 12.4 Å². The lowest BCUT2D eigenvalue weighted by atomic mass is 10.8. The maximum Gasteiger partial charge on any atom is 0.167 e. The van der Waals surface area contributed by atoms with Crippen LogP contribution in [0.4, 0.5) is 0 Å². The fourth-order valence-corrected chi connectivity index (χ4v) is 1.09. The SMILES string of the molecule is C#CCOCSc1ncc[nH]1. The number of nitrogens with zero attached hydrogens (tertiary/aromatic N) is 1. The van der Waals surface area contributed by atoms with Crippen LogP contribution >= 0.6 is 11.8 Å². The normalized spacial score (nSPS) is 9.36. The van der Waals surface area contributed by atoms with Gasteiger partial charge in [-0.15, -0.1) is 6.42 Å². The molecule has 0 saturated carbocycles. The van der Waals surface area contributed by atoms with Crippen LogP contribution in [-0.4, -0.2) is 22.5 Å². The van der Waals surface area contributed by atoms with Crippen molar-refractivity contribution in [2.45, 2.75) is 5.16 Å². The Hall–Kier alpha value is -0.920. The van der Waals surface area contributed by atoms with E-state index in [0.717, 1.165) is 5.16 Å². The predicted octanol–water partition coefficient (Wildman–Crippen LogP) is 1.11. The van der Waals surface area contributed by atoms with E-state index in [-0.39, 0.29) is 0 Å². The molecule has 0 aromatic carbocycles. The van der Waals surface area contributed by atoms with Crippen molar-refractivity contribution < 1.29 is 4.74 Å². The molecule has 0 aliphatic rings. The zero-order valence-corrected chi connectivity index (χ0v) is 6.73. The fourth-order valence-electron chi connectivity index (χ4n) is 0.528. The summed E-state index contributed by atoms with van der Waals surface area (Å²) < 4.78 is 5.02. The van der Waals surface area contributed by atoms with Gasteiger partial charge in [0.2, 0.25) is 0 Å². The number of aromatic amines is 1. The van der Waals surface area contributed by atoms with Gasteiger partial charge < -0.3 is 9.72 Å². The average molecular weight is 168 g/mol. The molecule has 11 heavy (non-hydrogen) atoms. The monoisotopic (exact) mass is 168 g/mol. The number of thioether (sulfide) groups is 1. The van der Waals surface area contributed by atoms with Crippen molar-refractivity contribution in [3.05, 3.63) is 12.4 Å². The number of aromatic nitrogens is 2. The second-order valence-corrected chi connectivity index (χ2v) is 2.62. The Morgan fingerprint density at radius 1 is 1.82 bits per heavy atom. The van der Waals surface area contributed by atoms with Crippen molar-refractivity contribution in [3.63, 3.8) is 0 Å². The van der Waals surface area contributed by atoms with E-state index in [0.29, 0.717) is 12.5 Å². The number of hydrogen-bond acceptors (Lipinski definition) is 3. The maximum atomic E-state index is 5.02. The third kappa shape index (κ3) is 3.12. The van der Waals surface area contributed by atoms with Gasteiger partial charge in [-0.25, -0.2) is 4.98 Å². The fraction of sp³-hybridized carbons (Fsp3) is 0.286. The summed E-state index contributed by atoms with van der Waals surface area (Å²) in [6.07, 6.45) is 8.45. The van der Waals surface area contributed by atoms with Crippen LogP contribution < -0.4 is 0 Å². The minimum absolute atomic E-state index is 0.355. The van der Waals surface area contributed by atoms with Gasteiger partial charge in [0.1, 0.15) is 12.5 Å². The average Bonchev–Trinajstić information content (AvgIpc) is 2.50. The molecule has 1 rings (SSSR count). The van der Waals surface area contributed by atoms with Crippen LogP contribution in [-0.2, 0) is 4.74 Å². The van der Waals surface area contributed by atoms with Gasteiger partial charge in [-0.2, -0.15) is 0 Å². The summed E-state index contributed by atoms with van der Waals surface area (Å²) in [6.45, 7) is 0.355. The van der Waals surface area contributed by atoms with Gasteiger partial charge in [-0.3, -0.25) is 0 Å². The molecule has 1 aromatic heterocycles. The quantitative estimate of drug-likeness (QED) is 0.317. The Morgan fingerprint density at radius 2 is 2.73 bits per heavy atom. The summed E-state index contributed by atoms with van der Waals surface area (Å²) in [5.74, 6) is 2.92. The Labute approximate surface area is 69.6 Å². The number of imidazole rings is 1. The van der Waals surface area contributed by atoms with Crippen molar-refractivity contribution >= 4 is 11.8 Å². The first-order valence-electron chi connectivity index (χ1n) is 3.07. The van der Waals surface area contributed by atoms with E-state index < -0.39 is 0 Å². The molecule has 0 aliphatic carbocycles. The molecule has 0 unspecified atom stereocenters. The molecule has 58 valence electrons. The highest BCUT2D eigenvalue weighted by atomic mass is 32.2. The molecule has 1 aromatic rings. The van der Waals surface area contributed by atoms with E-state index in [9.17, 15) is 0 Å². The largest absolute Gasteiger partial charge is 0.358 e. The first-order valence-corrected chi connectivity index (χ1v) is 4.05. The highest BCUT2D eigenvalue weighted by molar-refractivity contribution is 7.99. The first kappa shape index (κ1) is 8.18. The molecule has 0 saturated heterocycles. The van der Waals surface area contributed by atoms with Crippen LogP contribution in [0.2, 0.25) is 0 Å². The lowest BCUT2D eigenvalue weighted by Gasteiger charge is -1.95. The van der Waals surface area contributed by atoms with Crippen molar-refractivity contribution in [2.24, 2.45) is 0 Å². The van der Waals surface area contributed by atoms with Crippen molar-refractivity contribution in [3.8, 4) is 12.3 Å². The molecule has 0 bridgehead atoms. The van der Waals surface area contributed by atoms with Crippen molar-refractivity contribution in [1.82, 2.24) is 9.97 Å². The standard InChI is InChI=1S/C7H8N2OS/c1-2-5-10-6-11-7-8-3-4-9-7/h1,3-4H,5-6H2,(H,8,9). The molecule has 1 N–H and O–H groups in total. The van der Waals surface area contributed by atoms with E-state index >= 15 is 0 Å². The molecular formula is C7H8N2OS. The molecule has 0 spiro atoms. The molecule has 1 heterocycles. The second kappa shape index (κ2) is 4.83. The Balaban J connectivity index is 2.10. The molecule has 3 nitrogen and oxygen atoms in total. The summed E-state index contributed by atoms with van der Waals surface area (Å²) in [4.78, 5) is 6.92. The maximum absolute atomic E-state index is 5.02. The van der Waals surface area contributed by atoms with Crippen molar-refractivity contribution in [2.75, 3.05) is 12.5 Å². The van der Waals surface area contributed by atoms with Crippen LogP contribution in [0.25, 0.3) is 0 Å². The number of hydrogen-bond donors (Lipinski definition) is 1. The minimum Gasteiger partial charge on any atom is -0.358 e. The zero-order chi connectivity index (χ0) is 7.94. The number of H-pyrrole nitrogens is 1. The molecule has 0 amide bonds. The Bertz CT molecular complexity index is 227. The van der Waals surface area contributed by atoms with E-state index in [1.165, 1.54) is 11.8 Å². The van der Waals surface area contributed by atoms with Crippen LogP contribution in [0.5, 0.6) is 0 Å². The number of rotatable bonds is 4.